The lowest BCUT2D eigenvalue weighted by Crippen LogP contribution is -2.38. The summed E-state index contributed by atoms with van der Waals surface area (Å²) in [6.45, 7) is 1.50. The summed E-state index contributed by atoms with van der Waals surface area (Å²) in [5, 5.41) is 9.22. The topological polar surface area (TPSA) is 53.2 Å². The number of anilines is 1. The van der Waals surface area contributed by atoms with Gasteiger partial charge in [-0.05, 0) is 25.0 Å². The second-order valence-corrected chi connectivity index (χ2v) is 5.39. The molecule has 4 nitrogen and oxygen atoms in total. The molecule has 1 saturated carbocycles. The fraction of sp³-hybridized carbons (Fsp3) is 0.562. The monoisotopic (exact) mass is 275 g/mol. The van der Waals surface area contributed by atoms with Crippen LogP contribution in [0.15, 0.2) is 30.3 Å². The number of benzene rings is 1. The molecular weight excluding hydrogens is 250 g/mol. The SMILES string of the molecule is O=C(NCCNC1CCCCCC1)Nc1ccccc1. The molecule has 1 aromatic carbocycles. The van der Waals surface area contributed by atoms with E-state index in [0.717, 1.165) is 12.2 Å². The Hall–Kier alpha value is -1.55. The van der Waals surface area contributed by atoms with Gasteiger partial charge in [0, 0.05) is 24.8 Å². The van der Waals surface area contributed by atoms with Crippen molar-refractivity contribution in [3.05, 3.63) is 30.3 Å². The molecule has 4 heteroatoms. The van der Waals surface area contributed by atoms with Crippen LogP contribution in [-0.4, -0.2) is 25.2 Å². The van der Waals surface area contributed by atoms with E-state index in [2.05, 4.69) is 16.0 Å². The van der Waals surface area contributed by atoms with Crippen molar-refractivity contribution in [1.82, 2.24) is 10.6 Å². The van der Waals surface area contributed by atoms with E-state index >= 15 is 0 Å². The summed E-state index contributed by atoms with van der Waals surface area (Å²) >= 11 is 0. The third-order valence-electron chi connectivity index (χ3n) is 3.73. The summed E-state index contributed by atoms with van der Waals surface area (Å²) in [6, 6.07) is 9.99. The molecule has 1 fully saturated rings. The van der Waals surface area contributed by atoms with Crippen molar-refractivity contribution in [2.45, 2.75) is 44.6 Å². The predicted octanol–water partition coefficient (Wildman–Crippen LogP) is 3.12. The zero-order valence-corrected chi connectivity index (χ0v) is 12.0. The van der Waals surface area contributed by atoms with Crippen LogP contribution in [0.1, 0.15) is 38.5 Å². The fourth-order valence-corrected chi connectivity index (χ4v) is 2.63. The second-order valence-electron chi connectivity index (χ2n) is 5.39. The highest BCUT2D eigenvalue weighted by Crippen LogP contribution is 2.16. The molecule has 0 aliphatic heterocycles. The molecule has 1 aliphatic rings. The standard InChI is InChI=1S/C16H25N3O/c20-16(19-15-10-6-3-7-11-15)18-13-12-17-14-8-4-1-2-5-9-14/h3,6-7,10-11,14,17H,1-2,4-5,8-9,12-13H2,(H2,18,19,20). The third kappa shape index (κ3) is 5.61. The number of hydrogen-bond acceptors (Lipinski definition) is 2. The number of urea groups is 1. The van der Waals surface area contributed by atoms with Crippen molar-refractivity contribution >= 4 is 11.7 Å². The molecule has 0 bridgehead atoms. The van der Waals surface area contributed by atoms with Crippen LogP contribution >= 0.6 is 0 Å². The van der Waals surface area contributed by atoms with Crippen LogP contribution in [0.3, 0.4) is 0 Å². The van der Waals surface area contributed by atoms with Gasteiger partial charge < -0.3 is 16.0 Å². The number of carbonyl (C=O) groups excluding carboxylic acids is 1. The van der Waals surface area contributed by atoms with Gasteiger partial charge in [0.1, 0.15) is 0 Å². The molecule has 1 aliphatic carbocycles. The zero-order chi connectivity index (χ0) is 14.0. The van der Waals surface area contributed by atoms with Crippen LogP contribution in [0, 0.1) is 0 Å². The first-order chi connectivity index (χ1) is 9.84. The van der Waals surface area contributed by atoms with Gasteiger partial charge in [0.05, 0.1) is 0 Å². The minimum Gasteiger partial charge on any atom is -0.337 e. The van der Waals surface area contributed by atoms with Gasteiger partial charge in [-0.2, -0.15) is 0 Å². The normalized spacial score (nSPS) is 16.4. The number of nitrogens with one attached hydrogen (secondary N) is 3. The Morgan fingerprint density at radius 3 is 2.40 bits per heavy atom. The van der Waals surface area contributed by atoms with Crippen LogP contribution in [0.25, 0.3) is 0 Å². The average molecular weight is 275 g/mol. The second kappa shape index (κ2) is 8.59. The highest BCUT2D eigenvalue weighted by molar-refractivity contribution is 5.89. The molecular formula is C16H25N3O. The maximum absolute atomic E-state index is 11.7. The average Bonchev–Trinajstić information content (AvgIpc) is 2.73. The van der Waals surface area contributed by atoms with Gasteiger partial charge in [-0.15, -0.1) is 0 Å². The van der Waals surface area contributed by atoms with Crippen molar-refractivity contribution < 1.29 is 4.79 Å². The first kappa shape index (κ1) is 14.9. The molecule has 0 saturated heterocycles. The number of hydrogen-bond donors (Lipinski definition) is 3. The predicted molar refractivity (Wildman–Crippen MR) is 83.0 cm³/mol. The highest BCUT2D eigenvalue weighted by Gasteiger charge is 2.10. The van der Waals surface area contributed by atoms with Crippen molar-refractivity contribution in [3.63, 3.8) is 0 Å². The van der Waals surface area contributed by atoms with E-state index in [9.17, 15) is 4.79 Å². The third-order valence-corrected chi connectivity index (χ3v) is 3.73. The van der Waals surface area contributed by atoms with Crippen molar-refractivity contribution in [2.75, 3.05) is 18.4 Å². The lowest BCUT2D eigenvalue weighted by molar-refractivity contribution is 0.252. The lowest BCUT2D eigenvalue weighted by Gasteiger charge is -2.16. The van der Waals surface area contributed by atoms with E-state index in [1.54, 1.807) is 0 Å². The minimum atomic E-state index is -0.140. The minimum absolute atomic E-state index is 0.140. The van der Waals surface area contributed by atoms with Crippen LogP contribution in [-0.2, 0) is 0 Å². The van der Waals surface area contributed by atoms with Gasteiger partial charge in [-0.25, -0.2) is 4.79 Å². The first-order valence-electron chi connectivity index (χ1n) is 7.68. The Labute approximate surface area is 121 Å². The molecule has 3 N–H and O–H groups in total. The van der Waals surface area contributed by atoms with E-state index in [4.69, 9.17) is 0 Å². The van der Waals surface area contributed by atoms with Crippen LogP contribution in [0.5, 0.6) is 0 Å². The first-order valence-corrected chi connectivity index (χ1v) is 7.68. The van der Waals surface area contributed by atoms with Gasteiger partial charge in [0.15, 0.2) is 0 Å². The van der Waals surface area contributed by atoms with Gasteiger partial charge in [-0.1, -0.05) is 43.9 Å². The number of rotatable bonds is 5. The molecule has 0 spiro atoms. The van der Waals surface area contributed by atoms with Crippen LogP contribution in [0.4, 0.5) is 10.5 Å². The summed E-state index contributed by atoms with van der Waals surface area (Å²) in [4.78, 5) is 11.7. The lowest BCUT2D eigenvalue weighted by atomic mass is 10.1. The van der Waals surface area contributed by atoms with Crippen LogP contribution < -0.4 is 16.0 Å². The van der Waals surface area contributed by atoms with E-state index < -0.39 is 0 Å². The molecule has 1 aromatic rings. The summed E-state index contributed by atoms with van der Waals surface area (Å²) < 4.78 is 0. The summed E-state index contributed by atoms with van der Waals surface area (Å²) in [5.74, 6) is 0. The van der Waals surface area contributed by atoms with E-state index in [1.165, 1.54) is 38.5 Å². The largest absolute Gasteiger partial charge is 0.337 e. The van der Waals surface area contributed by atoms with E-state index in [1.807, 2.05) is 30.3 Å². The Morgan fingerprint density at radius 1 is 1.00 bits per heavy atom. The molecule has 110 valence electrons. The maximum Gasteiger partial charge on any atom is 0.319 e. The zero-order valence-electron chi connectivity index (χ0n) is 12.0. The van der Waals surface area contributed by atoms with Gasteiger partial charge in [0.2, 0.25) is 0 Å². The Balaban J connectivity index is 1.57. The Bertz CT molecular complexity index is 386. The molecule has 2 amide bonds. The Morgan fingerprint density at radius 2 is 1.70 bits per heavy atom. The van der Waals surface area contributed by atoms with Crippen LogP contribution in [0.2, 0.25) is 0 Å². The van der Waals surface area contributed by atoms with Crippen molar-refractivity contribution in [2.24, 2.45) is 0 Å². The number of amides is 2. The summed E-state index contributed by atoms with van der Waals surface area (Å²) in [6.07, 6.45) is 7.96. The summed E-state index contributed by atoms with van der Waals surface area (Å²) in [7, 11) is 0. The van der Waals surface area contributed by atoms with E-state index in [-0.39, 0.29) is 6.03 Å². The van der Waals surface area contributed by atoms with Crippen molar-refractivity contribution in [1.29, 1.82) is 0 Å². The van der Waals surface area contributed by atoms with Crippen molar-refractivity contribution in [3.8, 4) is 0 Å². The number of carbonyl (C=O) groups is 1. The molecule has 20 heavy (non-hydrogen) atoms. The van der Waals surface area contributed by atoms with Gasteiger partial charge in [-0.3, -0.25) is 0 Å². The maximum atomic E-state index is 11.7. The highest BCUT2D eigenvalue weighted by atomic mass is 16.2. The molecule has 0 aromatic heterocycles. The van der Waals surface area contributed by atoms with Gasteiger partial charge in [0.25, 0.3) is 0 Å². The quantitative estimate of drug-likeness (QED) is 0.571. The molecule has 0 atom stereocenters. The molecule has 2 rings (SSSR count). The molecule has 0 radical (unpaired) electrons. The summed E-state index contributed by atoms with van der Waals surface area (Å²) in [5.41, 5.74) is 0.821. The smallest absolute Gasteiger partial charge is 0.319 e. The molecule has 0 heterocycles. The van der Waals surface area contributed by atoms with E-state index in [0.29, 0.717) is 12.6 Å². The molecule has 0 unspecified atom stereocenters. The number of para-hydroxylation sites is 1. The fourth-order valence-electron chi connectivity index (χ4n) is 2.63. The Kier molecular flexibility index (Phi) is 6.38. The van der Waals surface area contributed by atoms with Gasteiger partial charge >= 0.3 is 6.03 Å².